The summed E-state index contributed by atoms with van der Waals surface area (Å²) in [4.78, 5) is 28.4. The van der Waals surface area contributed by atoms with Crippen LogP contribution in [0.1, 0.15) is 29.5 Å². The van der Waals surface area contributed by atoms with E-state index in [1.54, 1.807) is 44.2 Å². The number of nitrogens with one attached hydrogen (secondary N) is 1. The van der Waals surface area contributed by atoms with E-state index in [1.807, 2.05) is 54.6 Å². The van der Waals surface area contributed by atoms with Crippen LogP contribution in [-0.2, 0) is 32.6 Å². The Morgan fingerprint density at radius 1 is 1.00 bits per heavy atom. The van der Waals surface area contributed by atoms with Crippen molar-refractivity contribution in [1.29, 1.82) is 0 Å². The van der Waals surface area contributed by atoms with Gasteiger partial charge in [-0.2, -0.15) is 0 Å². The summed E-state index contributed by atoms with van der Waals surface area (Å²) in [5, 5.41) is 3.16. The number of hydrogen-bond donors (Lipinski definition) is 1. The monoisotopic (exact) mass is 585 g/mol. The number of nitrogens with zero attached hydrogens (tertiary/aromatic N) is 2. The molecule has 0 aliphatic carbocycles. The van der Waals surface area contributed by atoms with Gasteiger partial charge in [0.05, 0.1) is 19.1 Å². The molecule has 3 rings (SSSR count). The molecule has 1 N–H and O–H groups in total. The first kappa shape index (κ1) is 31.0. The molecule has 0 radical (unpaired) electrons. The maximum Gasteiger partial charge on any atom is 0.242 e. The van der Waals surface area contributed by atoms with Crippen LogP contribution in [0.3, 0.4) is 0 Å². The van der Waals surface area contributed by atoms with Crippen molar-refractivity contribution in [3.63, 3.8) is 0 Å². The Balaban J connectivity index is 1.88. The van der Waals surface area contributed by atoms with Crippen molar-refractivity contribution >= 4 is 39.1 Å². The number of carbonyl (C=O) groups is 2. The molecule has 0 saturated heterocycles. The highest BCUT2D eigenvalue weighted by Crippen LogP contribution is 2.28. The minimum Gasteiger partial charge on any atom is -0.497 e. The first-order chi connectivity index (χ1) is 19.0. The second kappa shape index (κ2) is 14.2. The fourth-order valence-corrected chi connectivity index (χ4v) is 5.72. The standard InChI is InChI=1S/C30H36ClN3O5S/c1-22-26(31)15-9-16-27(22)34(40(4,37)38)18-10-17-29(35)33(21-24-13-8-14-25(19-24)39-3)28(30(36)32-2)20-23-11-6-5-7-12-23/h5-9,11-16,19,28H,10,17-18,20-21H2,1-4H3,(H,32,36). The van der Waals surface area contributed by atoms with Crippen molar-refractivity contribution in [2.45, 2.75) is 38.8 Å². The average Bonchev–Trinajstić information content (AvgIpc) is 2.94. The number of hydrogen-bond acceptors (Lipinski definition) is 5. The van der Waals surface area contributed by atoms with E-state index in [0.29, 0.717) is 28.4 Å². The van der Waals surface area contributed by atoms with E-state index < -0.39 is 16.1 Å². The molecule has 0 heterocycles. The number of anilines is 1. The molecule has 8 nitrogen and oxygen atoms in total. The maximum absolute atomic E-state index is 13.8. The summed E-state index contributed by atoms with van der Waals surface area (Å²) < 4.78 is 32.0. The average molecular weight is 586 g/mol. The van der Waals surface area contributed by atoms with Gasteiger partial charge in [-0.3, -0.25) is 13.9 Å². The van der Waals surface area contributed by atoms with Crippen LogP contribution in [0.25, 0.3) is 0 Å². The van der Waals surface area contributed by atoms with Crippen LogP contribution in [0.5, 0.6) is 5.75 Å². The molecule has 0 bridgehead atoms. The van der Waals surface area contributed by atoms with Crippen LogP contribution in [0, 0.1) is 6.92 Å². The van der Waals surface area contributed by atoms with Gasteiger partial charge in [0.2, 0.25) is 21.8 Å². The van der Waals surface area contributed by atoms with Crippen LogP contribution >= 0.6 is 11.6 Å². The molecule has 2 amide bonds. The van der Waals surface area contributed by atoms with Crippen molar-refractivity contribution in [3.05, 3.63) is 94.5 Å². The van der Waals surface area contributed by atoms with E-state index in [9.17, 15) is 18.0 Å². The Morgan fingerprint density at radius 3 is 2.33 bits per heavy atom. The van der Waals surface area contributed by atoms with Gasteiger partial charge in [-0.25, -0.2) is 8.42 Å². The van der Waals surface area contributed by atoms with Crippen molar-refractivity contribution in [2.75, 3.05) is 31.3 Å². The third-order valence-corrected chi connectivity index (χ3v) is 8.25. The summed E-state index contributed by atoms with van der Waals surface area (Å²) in [5.41, 5.74) is 2.84. The number of benzene rings is 3. The topological polar surface area (TPSA) is 96.0 Å². The number of sulfonamides is 1. The van der Waals surface area contributed by atoms with Crippen LogP contribution in [-0.4, -0.2) is 58.1 Å². The van der Waals surface area contributed by atoms with Gasteiger partial charge in [-0.15, -0.1) is 0 Å². The normalized spacial score (nSPS) is 11.9. The SMILES string of the molecule is CNC(=O)C(Cc1ccccc1)N(Cc1cccc(OC)c1)C(=O)CCCN(c1cccc(Cl)c1C)S(C)(=O)=O. The lowest BCUT2D eigenvalue weighted by molar-refractivity contribution is -0.141. The maximum atomic E-state index is 13.8. The van der Waals surface area contributed by atoms with E-state index in [-0.39, 0.29) is 37.7 Å². The second-order valence-electron chi connectivity index (χ2n) is 9.52. The molecule has 1 unspecified atom stereocenters. The summed E-state index contributed by atoms with van der Waals surface area (Å²) in [5.74, 6) is 0.0983. The lowest BCUT2D eigenvalue weighted by atomic mass is 10.0. The number of halogens is 1. The largest absolute Gasteiger partial charge is 0.497 e. The number of ether oxygens (including phenoxy) is 1. The zero-order chi connectivity index (χ0) is 29.3. The van der Waals surface area contributed by atoms with Gasteiger partial charge in [0.15, 0.2) is 0 Å². The fraction of sp³-hybridized carbons (Fsp3) is 0.333. The Bertz CT molecular complexity index is 1420. The lowest BCUT2D eigenvalue weighted by Crippen LogP contribution is -2.49. The zero-order valence-electron chi connectivity index (χ0n) is 23.3. The van der Waals surface area contributed by atoms with Crippen LogP contribution in [0.2, 0.25) is 5.02 Å². The number of methoxy groups -OCH3 is 1. The molecule has 0 aromatic heterocycles. The third-order valence-electron chi connectivity index (χ3n) is 6.66. The van der Waals surface area contributed by atoms with Crippen molar-refractivity contribution in [1.82, 2.24) is 10.2 Å². The molecular formula is C30H36ClN3O5S. The summed E-state index contributed by atoms with van der Waals surface area (Å²) in [7, 11) is -0.517. The van der Waals surface area contributed by atoms with Gasteiger partial charge in [-0.05, 0) is 54.3 Å². The number of rotatable bonds is 13. The van der Waals surface area contributed by atoms with Crippen molar-refractivity contribution < 1.29 is 22.7 Å². The van der Waals surface area contributed by atoms with Gasteiger partial charge in [-0.1, -0.05) is 60.1 Å². The third kappa shape index (κ3) is 8.22. The van der Waals surface area contributed by atoms with Gasteiger partial charge in [0.25, 0.3) is 0 Å². The second-order valence-corrected chi connectivity index (χ2v) is 11.8. The van der Waals surface area contributed by atoms with Gasteiger partial charge in [0, 0.05) is 38.0 Å². The predicted molar refractivity (Wildman–Crippen MR) is 159 cm³/mol. The number of carbonyl (C=O) groups excluding carboxylic acids is 2. The van der Waals surface area contributed by atoms with Crippen LogP contribution in [0.4, 0.5) is 5.69 Å². The molecule has 0 saturated carbocycles. The molecule has 0 spiro atoms. The van der Waals surface area contributed by atoms with Gasteiger partial charge < -0.3 is 15.0 Å². The first-order valence-corrected chi connectivity index (χ1v) is 15.2. The van der Waals surface area contributed by atoms with Gasteiger partial charge in [0.1, 0.15) is 11.8 Å². The molecule has 3 aromatic rings. The highest BCUT2D eigenvalue weighted by molar-refractivity contribution is 7.92. The molecule has 3 aromatic carbocycles. The van der Waals surface area contributed by atoms with E-state index in [2.05, 4.69) is 5.32 Å². The molecule has 0 fully saturated rings. The molecule has 0 aliphatic rings. The van der Waals surface area contributed by atoms with Crippen molar-refractivity contribution in [3.8, 4) is 5.75 Å². The van der Waals surface area contributed by atoms with E-state index in [4.69, 9.17) is 16.3 Å². The Hall–Kier alpha value is -3.56. The fourth-order valence-electron chi connectivity index (χ4n) is 4.54. The molecule has 40 heavy (non-hydrogen) atoms. The molecule has 10 heteroatoms. The molecule has 214 valence electrons. The van der Waals surface area contributed by atoms with E-state index in [0.717, 1.165) is 17.4 Å². The van der Waals surface area contributed by atoms with E-state index in [1.165, 1.54) is 4.31 Å². The van der Waals surface area contributed by atoms with Crippen molar-refractivity contribution in [2.24, 2.45) is 0 Å². The smallest absolute Gasteiger partial charge is 0.242 e. The highest BCUT2D eigenvalue weighted by atomic mass is 35.5. The predicted octanol–water partition coefficient (Wildman–Crippen LogP) is 4.59. The Labute approximate surface area is 241 Å². The quantitative estimate of drug-likeness (QED) is 0.317. The zero-order valence-corrected chi connectivity index (χ0v) is 24.8. The minimum absolute atomic E-state index is 0.0396. The Kier molecular flexibility index (Phi) is 11.0. The highest BCUT2D eigenvalue weighted by Gasteiger charge is 2.30. The number of likely N-dealkylation sites (N-methyl/N-ethyl adjacent to an activating group) is 1. The molecular weight excluding hydrogens is 550 g/mol. The summed E-state index contributed by atoms with van der Waals surface area (Å²) in [6.07, 6.45) is 1.75. The van der Waals surface area contributed by atoms with E-state index >= 15 is 0 Å². The Morgan fingerprint density at radius 2 is 1.68 bits per heavy atom. The van der Waals surface area contributed by atoms with Gasteiger partial charge >= 0.3 is 0 Å². The van der Waals surface area contributed by atoms with Crippen LogP contribution in [0.15, 0.2) is 72.8 Å². The first-order valence-electron chi connectivity index (χ1n) is 13.0. The summed E-state index contributed by atoms with van der Waals surface area (Å²) in [6, 6.07) is 21.2. The minimum atomic E-state index is -3.63. The molecule has 1 atom stereocenters. The summed E-state index contributed by atoms with van der Waals surface area (Å²) >= 11 is 6.25. The lowest BCUT2D eigenvalue weighted by Gasteiger charge is -2.32. The number of amides is 2. The molecule has 0 aliphatic heterocycles. The summed E-state index contributed by atoms with van der Waals surface area (Å²) in [6.45, 7) is 2.03. The van der Waals surface area contributed by atoms with Crippen LogP contribution < -0.4 is 14.4 Å².